The highest BCUT2D eigenvalue weighted by Crippen LogP contribution is 2.35. The first-order chi connectivity index (χ1) is 19.8. The molecule has 0 aliphatic carbocycles. The van der Waals surface area contributed by atoms with Crippen molar-refractivity contribution in [2.24, 2.45) is 0 Å². The van der Waals surface area contributed by atoms with Crippen molar-refractivity contribution in [1.29, 1.82) is 0 Å². The van der Waals surface area contributed by atoms with Crippen LogP contribution >= 0.6 is 0 Å². The topological polar surface area (TPSA) is 101 Å². The van der Waals surface area contributed by atoms with Gasteiger partial charge in [0.2, 0.25) is 5.95 Å². The summed E-state index contributed by atoms with van der Waals surface area (Å²) in [7, 11) is 0. The second-order valence-corrected chi connectivity index (χ2v) is 11.6. The fraction of sp³-hybridized carbons (Fsp3) is 0.387. The Morgan fingerprint density at radius 3 is 2.46 bits per heavy atom. The molecule has 2 aliphatic heterocycles. The van der Waals surface area contributed by atoms with Crippen LogP contribution in [-0.2, 0) is 11.3 Å². The Kier molecular flexibility index (Phi) is 7.07. The van der Waals surface area contributed by atoms with E-state index in [0.717, 1.165) is 66.4 Å². The van der Waals surface area contributed by atoms with Crippen LogP contribution in [0.2, 0.25) is 0 Å². The summed E-state index contributed by atoms with van der Waals surface area (Å²) < 4.78 is 7.59. The van der Waals surface area contributed by atoms with Crippen LogP contribution in [0, 0.1) is 0 Å². The highest BCUT2D eigenvalue weighted by molar-refractivity contribution is 5.78. The number of nitrogens with zero attached hydrogens (tertiary/aromatic N) is 7. The summed E-state index contributed by atoms with van der Waals surface area (Å²) in [6.07, 6.45) is 9.17. The molecule has 4 aromatic rings. The van der Waals surface area contributed by atoms with E-state index in [1.807, 2.05) is 73.1 Å². The van der Waals surface area contributed by atoms with Gasteiger partial charge in [-0.3, -0.25) is 14.6 Å². The van der Waals surface area contributed by atoms with Gasteiger partial charge in [-0.15, -0.1) is 0 Å². The summed E-state index contributed by atoms with van der Waals surface area (Å²) in [6.45, 7) is 10.2. The summed E-state index contributed by atoms with van der Waals surface area (Å²) in [5.41, 5.74) is 5.06. The van der Waals surface area contributed by atoms with Crippen LogP contribution in [0.25, 0.3) is 22.5 Å². The maximum absolute atomic E-state index is 12.8. The van der Waals surface area contributed by atoms with Gasteiger partial charge in [-0.05, 0) is 83.0 Å². The largest absolute Gasteiger partial charge is 0.444 e. The zero-order valence-corrected chi connectivity index (χ0v) is 24.0. The zero-order chi connectivity index (χ0) is 28.6. The number of pyridine rings is 1. The van der Waals surface area contributed by atoms with Crippen LogP contribution in [-0.4, -0.2) is 66.5 Å². The standard InChI is InChI=1S/C31H36N8O2/c1-5-38-20-26(28(36-38)21-7-6-15-32-17-21)27-14-16-33-29(35-27)34-22-8-10-23(11-9-22)37-18-24-12-13-25(19-37)39(24)30(40)41-31(2,3)4/h6-11,14-17,20,24-25H,5,12-13,18-19H2,1-4H3,(H,33,34,35). The maximum atomic E-state index is 12.8. The van der Waals surface area contributed by atoms with Gasteiger partial charge in [0, 0.05) is 66.9 Å². The third kappa shape index (κ3) is 5.73. The molecule has 10 heteroatoms. The number of nitrogens with one attached hydrogen (secondary N) is 1. The second kappa shape index (κ2) is 10.8. The number of hydrogen-bond donors (Lipinski definition) is 1. The lowest BCUT2D eigenvalue weighted by Gasteiger charge is -2.42. The van der Waals surface area contributed by atoms with Gasteiger partial charge < -0.3 is 15.0 Å². The van der Waals surface area contributed by atoms with Crippen LogP contribution in [0.5, 0.6) is 0 Å². The molecule has 0 spiro atoms. The van der Waals surface area contributed by atoms with Crippen molar-refractivity contribution in [2.75, 3.05) is 23.3 Å². The number of benzene rings is 1. The summed E-state index contributed by atoms with van der Waals surface area (Å²) in [6, 6.07) is 14.5. The second-order valence-electron chi connectivity index (χ2n) is 11.6. The smallest absolute Gasteiger partial charge is 0.410 e. The number of hydrogen-bond acceptors (Lipinski definition) is 8. The number of carbonyl (C=O) groups excluding carboxylic acids is 1. The van der Waals surface area contributed by atoms with Gasteiger partial charge in [-0.25, -0.2) is 14.8 Å². The van der Waals surface area contributed by atoms with Crippen LogP contribution in [0.15, 0.2) is 67.3 Å². The van der Waals surface area contributed by atoms with E-state index in [1.54, 1.807) is 12.4 Å². The number of fused-ring (bicyclic) bond motifs is 2. The first-order valence-corrected chi connectivity index (χ1v) is 14.2. The molecule has 2 unspecified atom stereocenters. The Morgan fingerprint density at radius 1 is 1.05 bits per heavy atom. The van der Waals surface area contributed by atoms with Gasteiger partial charge in [0.15, 0.2) is 0 Å². The Bertz CT molecular complexity index is 1500. The fourth-order valence-corrected chi connectivity index (χ4v) is 5.67. The Balaban J connectivity index is 1.15. The monoisotopic (exact) mass is 552 g/mol. The molecule has 2 saturated heterocycles. The van der Waals surface area contributed by atoms with Gasteiger partial charge in [-0.1, -0.05) is 0 Å². The van der Waals surface area contributed by atoms with E-state index < -0.39 is 5.60 Å². The molecule has 6 rings (SSSR count). The minimum atomic E-state index is -0.487. The fourth-order valence-electron chi connectivity index (χ4n) is 5.67. The van der Waals surface area contributed by atoms with Crippen LogP contribution in [0.3, 0.4) is 0 Å². The summed E-state index contributed by atoms with van der Waals surface area (Å²) in [5.74, 6) is 0.514. The highest BCUT2D eigenvalue weighted by atomic mass is 16.6. The van der Waals surface area contributed by atoms with Gasteiger partial charge in [0.05, 0.1) is 17.8 Å². The number of aromatic nitrogens is 5. The molecule has 2 fully saturated rings. The van der Waals surface area contributed by atoms with E-state index in [2.05, 4.69) is 39.2 Å². The van der Waals surface area contributed by atoms with E-state index in [-0.39, 0.29) is 18.2 Å². The van der Waals surface area contributed by atoms with Gasteiger partial charge >= 0.3 is 6.09 Å². The number of anilines is 3. The quantitative estimate of drug-likeness (QED) is 0.323. The minimum absolute atomic E-state index is 0.172. The maximum Gasteiger partial charge on any atom is 0.410 e. The van der Waals surface area contributed by atoms with Crippen LogP contribution < -0.4 is 10.2 Å². The molecule has 1 aromatic carbocycles. The molecule has 212 valence electrons. The van der Waals surface area contributed by atoms with Crippen molar-refractivity contribution in [1.82, 2.24) is 29.6 Å². The summed E-state index contributed by atoms with van der Waals surface area (Å²) >= 11 is 0. The normalized spacial score (nSPS) is 18.4. The zero-order valence-electron chi connectivity index (χ0n) is 24.0. The lowest BCUT2D eigenvalue weighted by molar-refractivity contribution is 0.0123. The van der Waals surface area contributed by atoms with Crippen molar-refractivity contribution in [2.45, 2.75) is 64.8 Å². The molecule has 10 nitrogen and oxygen atoms in total. The number of amides is 1. The van der Waals surface area contributed by atoms with Crippen LogP contribution in [0.1, 0.15) is 40.5 Å². The lowest BCUT2D eigenvalue weighted by Crippen LogP contribution is -2.56. The number of piperazine rings is 1. The molecule has 2 aliphatic rings. The van der Waals surface area contributed by atoms with Crippen molar-refractivity contribution in [3.63, 3.8) is 0 Å². The molecular weight excluding hydrogens is 516 g/mol. The van der Waals surface area contributed by atoms with E-state index >= 15 is 0 Å². The number of carbonyl (C=O) groups is 1. The lowest BCUT2D eigenvalue weighted by atomic mass is 10.1. The predicted octanol–water partition coefficient (Wildman–Crippen LogP) is 5.75. The molecule has 41 heavy (non-hydrogen) atoms. The molecule has 2 atom stereocenters. The third-order valence-electron chi connectivity index (χ3n) is 7.53. The van der Waals surface area contributed by atoms with E-state index in [9.17, 15) is 4.79 Å². The number of aryl methyl sites for hydroxylation is 1. The molecule has 1 N–H and O–H groups in total. The predicted molar refractivity (Wildman–Crippen MR) is 159 cm³/mol. The minimum Gasteiger partial charge on any atom is -0.444 e. The van der Waals surface area contributed by atoms with Crippen molar-refractivity contribution >= 4 is 23.4 Å². The first kappa shape index (κ1) is 26.7. The average molecular weight is 553 g/mol. The molecule has 0 radical (unpaired) electrons. The molecule has 2 bridgehead atoms. The van der Waals surface area contributed by atoms with E-state index in [1.165, 1.54) is 0 Å². The summed E-state index contributed by atoms with van der Waals surface area (Å²) in [4.78, 5) is 30.7. The molecule has 0 saturated carbocycles. The molecule has 1 amide bonds. The van der Waals surface area contributed by atoms with Crippen molar-refractivity contribution in [3.8, 4) is 22.5 Å². The SMILES string of the molecule is CCn1cc(-c2ccnc(Nc3ccc(N4CC5CCC(C4)N5C(=O)OC(C)(C)C)cc3)n2)c(-c2cccnc2)n1. The highest BCUT2D eigenvalue weighted by Gasteiger charge is 2.44. The van der Waals surface area contributed by atoms with Gasteiger partial charge in [0.25, 0.3) is 0 Å². The average Bonchev–Trinajstić information content (AvgIpc) is 3.52. The third-order valence-corrected chi connectivity index (χ3v) is 7.53. The van der Waals surface area contributed by atoms with Gasteiger partial charge in [-0.2, -0.15) is 5.10 Å². The first-order valence-electron chi connectivity index (χ1n) is 14.2. The van der Waals surface area contributed by atoms with Crippen LogP contribution in [0.4, 0.5) is 22.1 Å². The Morgan fingerprint density at radius 2 is 1.80 bits per heavy atom. The Labute approximate surface area is 240 Å². The van der Waals surface area contributed by atoms with Gasteiger partial charge in [0.1, 0.15) is 11.3 Å². The molecule has 5 heterocycles. The van der Waals surface area contributed by atoms with Crippen molar-refractivity contribution < 1.29 is 9.53 Å². The molecule has 3 aromatic heterocycles. The van der Waals surface area contributed by atoms with E-state index in [0.29, 0.717) is 5.95 Å². The summed E-state index contributed by atoms with van der Waals surface area (Å²) in [5, 5.41) is 8.10. The molecular formula is C31H36N8O2. The number of rotatable bonds is 6. The number of ether oxygens (including phenoxy) is 1. The van der Waals surface area contributed by atoms with Crippen molar-refractivity contribution in [3.05, 3.63) is 67.3 Å². The Hall–Kier alpha value is -4.47. The van der Waals surface area contributed by atoms with E-state index in [4.69, 9.17) is 14.8 Å².